The van der Waals surface area contributed by atoms with Crippen molar-refractivity contribution < 1.29 is 0 Å². The number of nitrogens with zero attached hydrogens (tertiary/aromatic N) is 3. The zero-order valence-electron chi connectivity index (χ0n) is 8.95. The second kappa shape index (κ2) is 3.69. The lowest BCUT2D eigenvalue weighted by Crippen LogP contribution is -2.39. The number of aryl methyl sites for hydroxylation is 1. The van der Waals surface area contributed by atoms with Crippen LogP contribution in [0.3, 0.4) is 0 Å². The van der Waals surface area contributed by atoms with E-state index in [0.29, 0.717) is 5.54 Å². The van der Waals surface area contributed by atoms with Crippen molar-refractivity contribution in [1.29, 1.82) is 0 Å². The molecule has 1 fully saturated rings. The summed E-state index contributed by atoms with van der Waals surface area (Å²) in [7, 11) is 1.93. The van der Waals surface area contributed by atoms with E-state index >= 15 is 0 Å². The van der Waals surface area contributed by atoms with Crippen LogP contribution in [-0.2, 0) is 13.6 Å². The average Bonchev–Trinajstić information content (AvgIpc) is 2.73. The van der Waals surface area contributed by atoms with Gasteiger partial charge in [0.2, 0.25) is 0 Å². The van der Waals surface area contributed by atoms with E-state index in [9.17, 15) is 0 Å². The quantitative estimate of drug-likeness (QED) is 0.787. The van der Waals surface area contributed by atoms with E-state index in [1.165, 1.54) is 25.7 Å². The van der Waals surface area contributed by atoms with E-state index < -0.39 is 0 Å². The molecule has 0 spiro atoms. The van der Waals surface area contributed by atoms with Gasteiger partial charge in [0.05, 0.1) is 11.9 Å². The van der Waals surface area contributed by atoms with Crippen molar-refractivity contribution >= 4 is 0 Å². The normalized spacial score (nSPS) is 20.1. The van der Waals surface area contributed by atoms with Crippen molar-refractivity contribution in [2.75, 3.05) is 0 Å². The molecule has 78 valence electrons. The fourth-order valence-corrected chi connectivity index (χ4v) is 2.11. The first kappa shape index (κ1) is 9.65. The highest BCUT2D eigenvalue weighted by atomic mass is 15.4. The fourth-order valence-electron chi connectivity index (χ4n) is 2.11. The lowest BCUT2D eigenvalue weighted by atomic mass is 10.0. The summed E-state index contributed by atoms with van der Waals surface area (Å²) in [5, 5.41) is 11.4. The first-order chi connectivity index (χ1) is 6.70. The van der Waals surface area contributed by atoms with Crippen LogP contribution >= 0.6 is 0 Å². The summed E-state index contributed by atoms with van der Waals surface area (Å²) < 4.78 is 1.82. The summed E-state index contributed by atoms with van der Waals surface area (Å²) in [6.07, 6.45) is 7.11. The zero-order chi connectivity index (χ0) is 10.0. The maximum atomic E-state index is 3.91. The summed E-state index contributed by atoms with van der Waals surface area (Å²) in [4.78, 5) is 0. The predicted octanol–water partition coefficient (Wildman–Crippen LogP) is 1.24. The van der Waals surface area contributed by atoms with Gasteiger partial charge in [0.1, 0.15) is 0 Å². The van der Waals surface area contributed by atoms with Gasteiger partial charge in [-0.3, -0.25) is 4.68 Å². The van der Waals surface area contributed by atoms with E-state index in [4.69, 9.17) is 0 Å². The Hall–Kier alpha value is -0.900. The number of rotatable bonds is 3. The summed E-state index contributed by atoms with van der Waals surface area (Å²) in [5.74, 6) is 0. The molecule has 0 unspecified atom stereocenters. The molecule has 0 bridgehead atoms. The molecule has 1 aliphatic carbocycles. The molecule has 0 atom stereocenters. The van der Waals surface area contributed by atoms with Crippen molar-refractivity contribution in [3.63, 3.8) is 0 Å². The second-order valence-electron chi connectivity index (χ2n) is 4.47. The molecule has 0 saturated heterocycles. The van der Waals surface area contributed by atoms with E-state index in [1.807, 2.05) is 17.9 Å². The molecule has 2 rings (SSSR count). The smallest absolute Gasteiger partial charge is 0.0738 e. The van der Waals surface area contributed by atoms with Gasteiger partial charge < -0.3 is 5.32 Å². The number of hydrogen-bond donors (Lipinski definition) is 1. The standard InChI is InChI=1S/C10H18N4/c1-10(5-3-4-6-10)11-7-9-8-12-13-14(9)2/h8,11H,3-7H2,1-2H3. The molecule has 0 aromatic carbocycles. The van der Waals surface area contributed by atoms with Crippen LogP contribution in [0.5, 0.6) is 0 Å². The van der Waals surface area contributed by atoms with Gasteiger partial charge in [-0.05, 0) is 19.8 Å². The van der Waals surface area contributed by atoms with Crippen molar-refractivity contribution in [1.82, 2.24) is 20.3 Å². The third-order valence-corrected chi connectivity index (χ3v) is 3.21. The van der Waals surface area contributed by atoms with Gasteiger partial charge >= 0.3 is 0 Å². The molecular weight excluding hydrogens is 176 g/mol. The Morgan fingerprint density at radius 2 is 2.21 bits per heavy atom. The molecular formula is C10H18N4. The van der Waals surface area contributed by atoms with Gasteiger partial charge in [0, 0.05) is 19.1 Å². The van der Waals surface area contributed by atoms with Crippen LogP contribution in [0.15, 0.2) is 6.20 Å². The molecule has 1 saturated carbocycles. The molecule has 1 aromatic heterocycles. The zero-order valence-corrected chi connectivity index (χ0v) is 8.95. The fraction of sp³-hybridized carbons (Fsp3) is 0.800. The van der Waals surface area contributed by atoms with E-state index in [1.54, 1.807) is 0 Å². The van der Waals surface area contributed by atoms with E-state index in [-0.39, 0.29) is 0 Å². The number of nitrogens with one attached hydrogen (secondary N) is 1. The maximum absolute atomic E-state index is 3.91. The summed E-state index contributed by atoms with van der Waals surface area (Å²) >= 11 is 0. The highest BCUT2D eigenvalue weighted by molar-refractivity contribution is 4.96. The van der Waals surface area contributed by atoms with Crippen LogP contribution in [-0.4, -0.2) is 20.5 Å². The van der Waals surface area contributed by atoms with Crippen LogP contribution < -0.4 is 5.32 Å². The molecule has 4 nitrogen and oxygen atoms in total. The summed E-state index contributed by atoms with van der Waals surface area (Å²) in [5.41, 5.74) is 1.49. The number of aromatic nitrogens is 3. The first-order valence-electron chi connectivity index (χ1n) is 5.28. The van der Waals surface area contributed by atoms with Crippen molar-refractivity contribution in [2.24, 2.45) is 7.05 Å². The third-order valence-electron chi connectivity index (χ3n) is 3.21. The first-order valence-corrected chi connectivity index (χ1v) is 5.28. The average molecular weight is 194 g/mol. The van der Waals surface area contributed by atoms with Crippen LogP contribution in [0.25, 0.3) is 0 Å². The summed E-state index contributed by atoms with van der Waals surface area (Å²) in [6.45, 7) is 3.18. The van der Waals surface area contributed by atoms with E-state index in [2.05, 4.69) is 22.6 Å². The molecule has 1 aliphatic rings. The Morgan fingerprint density at radius 3 is 2.79 bits per heavy atom. The Labute approximate surface area is 84.7 Å². The minimum atomic E-state index is 0.338. The van der Waals surface area contributed by atoms with Gasteiger partial charge in [-0.1, -0.05) is 18.1 Å². The van der Waals surface area contributed by atoms with Crippen LogP contribution in [0.4, 0.5) is 0 Å². The monoisotopic (exact) mass is 194 g/mol. The summed E-state index contributed by atoms with van der Waals surface area (Å²) in [6, 6.07) is 0. The minimum absolute atomic E-state index is 0.338. The second-order valence-corrected chi connectivity index (χ2v) is 4.47. The van der Waals surface area contributed by atoms with Gasteiger partial charge in [-0.2, -0.15) is 0 Å². The molecule has 0 aliphatic heterocycles. The Kier molecular flexibility index (Phi) is 2.54. The lowest BCUT2D eigenvalue weighted by molar-refractivity contribution is 0.357. The van der Waals surface area contributed by atoms with Gasteiger partial charge in [-0.25, -0.2) is 0 Å². The molecule has 14 heavy (non-hydrogen) atoms. The highest BCUT2D eigenvalue weighted by Crippen LogP contribution is 2.28. The lowest BCUT2D eigenvalue weighted by Gasteiger charge is -2.25. The maximum Gasteiger partial charge on any atom is 0.0738 e. The van der Waals surface area contributed by atoms with Crippen LogP contribution in [0, 0.1) is 0 Å². The van der Waals surface area contributed by atoms with E-state index in [0.717, 1.165) is 12.2 Å². The minimum Gasteiger partial charge on any atom is -0.306 e. The van der Waals surface area contributed by atoms with Crippen molar-refractivity contribution in [3.8, 4) is 0 Å². The largest absolute Gasteiger partial charge is 0.306 e. The Balaban J connectivity index is 1.91. The van der Waals surface area contributed by atoms with Crippen molar-refractivity contribution in [3.05, 3.63) is 11.9 Å². The Bertz CT molecular complexity index is 299. The molecule has 0 amide bonds. The predicted molar refractivity (Wildman–Crippen MR) is 54.7 cm³/mol. The van der Waals surface area contributed by atoms with Crippen LogP contribution in [0.1, 0.15) is 38.3 Å². The van der Waals surface area contributed by atoms with Crippen molar-refractivity contribution in [2.45, 2.75) is 44.7 Å². The van der Waals surface area contributed by atoms with Crippen LogP contribution in [0.2, 0.25) is 0 Å². The van der Waals surface area contributed by atoms with Gasteiger partial charge in [0.15, 0.2) is 0 Å². The Morgan fingerprint density at radius 1 is 1.50 bits per heavy atom. The topological polar surface area (TPSA) is 42.7 Å². The molecule has 0 radical (unpaired) electrons. The molecule has 1 aromatic rings. The third kappa shape index (κ3) is 1.95. The highest BCUT2D eigenvalue weighted by Gasteiger charge is 2.27. The van der Waals surface area contributed by atoms with Gasteiger partial charge in [0.25, 0.3) is 0 Å². The molecule has 1 N–H and O–H groups in total. The number of hydrogen-bond acceptors (Lipinski definition) is 3. The molecule has 1 heterocycles. The SMILES string of the molecule is Cn1nncc1CNC1(C)CCCC1. The molecule has 4 heteroatoms. The van der Waals surface area contributed by atoms with Gasteiger partial charge in [-0.15, -0.1) is 5.10 Å².